The van der Waals surface area contributed by atoms with E-state index in [1.54, 1.807) is 27.1 Å². The number of carbonyl (C=O) groups excluding carboxylic acids is 1. The second-order valence-electron chi connectivity index (χ2n) is 6.26. The SMILES string of the molecule is CCOC(=O)c1sc(C(C)NC(=NC)NCCc2ccc(OC)cc2Cl)nc1C.I. The normalized spacial score (nSPS) is 12.0. The van der Waals surface area contributed by atoms with Gasteiger partial charge in [0, 0.05) is 18.6 Å². The Morgan fingerprint density at radius 2 is 2.13 bits per heavy atom. The van der Waals surface area contributed by atoms with E-state index in [1.807, 2.05) is 26.0 Å². The van der Waals surface area contributed by atoms with Gasteiger partial charge < -0.3 is 20.1 Å². The largest absolute Gasteiger partial charge is 0.497 e. The van der Waals surface area contributed by atoms with E-state index in [0.717, 1.165) is 22.7 Å². The second kappa shape index (κ2) is 13.0. The highest BCUT2D eigenvalue weighted by molar-refractivity contribution is 14.0. The highest BCUT2D eigenvalue weighted by atomic mass is 127. The van der Waals surface area contributed by atoms with Crippen molar-refractivity contribution in [3.05, 3.63) is 44.4 Å². The van der Waals surface area contributed by atoms with Crippen molar-refractivity contribution in [1.29, 1.82) is 0 Å². The Morgan fingerprint density at radius 3 is 2.73 bits per heavy atom. The van der Waals surface area contributed by atoms with Gasteiger partial charge in [-0.15, -0.1) is 35.3 Å². The van der Waals surface area contributed by atoms with Gasteiger partial charge in [0.1, 0.15) is 15.6 Å². The van der Waals surface area contributed by atoms with Gasteiger partial charge >= 0.3 is 5.97 Å². The first-order valence-electron chi connectivity index (χ1n) is 9.33. The number of guanidine groups is 1. The van der Waals surface area contributed by atoms with Crippen molar-refractivity contribution in [3.8, 4) is 5.75 Å². The first kappa shape index (κ1) is 26.4. The lowest BCUT2D eigenvalue weighted by atomic mass is 10.1. The van der Waals surface area contributed by atoms with E-state index < -0.39 is 0 Å². The summed E-state index contributed by atoms with van der Waals surface area (Å²) in [5.41, 5.74) is 1.70. The molecule has 10 heteroatoms. The molecular formula is C20H28ClIN4O3S. The number of aryl methyl sites for hydroxylation is 1. The summed E-state index contributed by atoms with van der Waals surface area (Å²) in [7, 11) is 3.32. The van der Waals surface area contributed by atoms with Crippen LogP contribution in [-0.2, 0) is 11.2 Å². The second-order valence-corrected chi connectivity index (χ2v) is 7.70. The number of nitrogens with one attached hydrogen (secondary N) is 2. The van der Waals surface area contributed by atoms with Crippen LogP contribution in [0.2, 0.25) is 5.02 Å². The maximum atomic E-state index is 12.0. The molecule has 1 unspecified atom stereocenters. The van der Waals surface area contributed by atoms with Crippen LogP contribution in [0.3, 0.4) is 0 Å². The number of aliphatic imine (C=N–C) groups is 1. The van der Waals surface area contributed by atoms with Crippen LogP contribution in [0.4, 0.5) is 0 Å². The van der Waals surface area contributed by atoms with Gasteiger partial charge in [-0.3, -0.25) is 4.99 Å². The monoisotopic (exact) mass is 566 g/mol. The molecule has 30 heavy (non-hydrogen) atoms. The maximum Gasteiger partial charge on any atom is 0.350 e. The number of hydrogen-bond acceptors (Lipinski definition) is 6. The Labute approximate surface area is 203 Å². The molecule has 0 bridgehead atoms. The van der Waals surface area contributed by atoms with Crippen molar-refractivity contribution in [1.82, 2.24) is 15.6 Å². The number of rotatable bonds is 8. The summed E-state index contributed by atoms with van der Waals surface area (Å²) in [6.45, 7) is 6.57. The molecule has 2 rings (SSSR count). The Morgan fingerprint density at radius 1 is 1.40 bits per heavy atom. The lowest BCUT2D eigenvalue weighted by Gasteiger charge is -2.16. The van der Waals surface area contributed by atoms with Crippen LogP contribution in [0, 0.1) is 6.92 Å². The number of nitrogens with zero attached hydrogens (tertiary/aromatic N) is 2. The van der Waals surface area contributed by atoms with Crippen molar-refractivity contribution >= 4 is 58.8 Å². The number of aromatic nitrogens is 1. The minimum atomic E-state index is -0.333. The molecule has 0 saturated heterocycles. The molecule has 0 aliphatic heterocycles. The van der Waals surface area contributed by atoms with E-state index in [4.69, 9.17) is 21.1 Å². The minimum absolute atomic E-state index is 0. The van der Waals surface area contributed by atoms with Crippen LogP contribution in [-0.4, -0.2) is 44.2 Å². The number of halogens is 2. The van der Waals surface area contributed by atoms with Gasteiger partial charge in [0.15, 0.2) is 5.96 Å². The number of hydrogen-bond donors (Lipinski definition) is 2. The van der Waals surface area contributed by atoms with Gasteiger partial charge in [-0.05, 0) is 44.9 Å². The highest BCUT2D eigenvalue weighted by Crippen LogP contribution is 2.24. The average Bonchev–Trinajstić information content (AvgIpc) is 3.10. The zero-order chi connectivity index (χ0) is 21.4. The van der Waals surface area contributed by atoms with Crippen LogP contribution in [0.1, 0.15) is 45.8 Å². The average molecular weight is 567 g/mol. The van der Waals surface area contributed by atoms with Crippen LogP contribution in [0.25, 0.3) is 0 Å². The van der Waals surface area contributed by atoms with Crippen LogP contribution in [0.5, 0.6) is 5.75 Å². The molecule has 1 heterocycles. The number of ether oxygens (including phenoxy) is 2. The summed E-state index contributed by atoms with van der Waals surface area (Å²) in [6, 6.07) is 5.54. The van der Waals surface area contributed by atoms with Gasteiger partial charge in [0.25, 0.3) is 0 Å². The predicted molar refractivity (Wildman–Crippen MR) is 133 cm³/mol. The molecule has 0 aliphatic rings. The Hall–Kier alpha value is -1.59. The molecule has 0 aliphatic carbocycles. The van der Waals surface area contributed by atoms with Crippen LogP contribution >= 0.6 is 46.9 Å². The summed E-state index contributed by atoms with van der Waals surface area (Å²) in [6.07, 6.45) is 0.737. The number of thiazole rings is 1. The lowest BCUT2D eigenvalue weighted by molar-refractivity contribution is 0.0531. The third-order valence-corrected chi connectivity index (χ3v) is 5.84. The standard InChI is InChI=1S/C20H27ClN4O3S.HI/c1-6-28-19(26)17-12(2)24-18(29-17)13(3)25-20(22-4)23-10-9-14-7-8-15(27-5)11-16(14)21;/h7-8,11,13H,6,9-10H2,1-5H3,(H2,22,23,25);1H. The van der Waals surface area contributed by atoms with Crippen molar-refractivity contribution < 1.29 is 14.3 Å². The molecule has 2 aromatic rings. The Balaban J connectivity index is 0.00000450. The fourth-order valence-electron chi connectivity index (χ4n) is 2.62. The van der Waals surface area contributed by atoms with E-state index in [1.165, 1.54) is 11.3 Å². The summed E-state index contributed by atoms with van der Waals surface area (Å²) in [5.74, 6) is 1.05. The number of carbonyl (C=O) groups is 1. The molecule has 0 amide bonds. The van der Waals surface area contributed by atoms with Crippen molar-refractivity contribution in [2.24, 2.45) is 4.99 Å². The van der Waals surface area contributed by atoms with E-state index in [9.17, 15) is 4.79 Å². The highest BCUT2D eigenvalue weighted by Gasteiger charge is 2.20. The summed E-state index contributed by atoms with van der Waals surface area (Å²) < 4.78 is 10.3. The fourth-order valence-corrected chi connectivity index (χ4v) is 3.85. The van der Waals surface area contributed by atoms with Crippen molar-refractivity contribution in [2.45, 2.75) is 33.2 Å². The van der Waals surface area contributed by atoms with Gasteiger partial charge in [0.05, 0.1) is 25.5 Å². The Kier molecular flexibility index (Phi) is 11.4. The van der Waals surface area contributed by atoms with E-state index in [-0.39, 0.29) is 36.0 Å². The van der Waals surface area contributed by atoms with Gasteiger partial charge in [-0.25, -0.2) is 9.78 Å². The molecule has 0 radical (unpaired) electrons. The third-order valence-electron chi connectivity index (χ3n) is 4.17. The topological polar surface area (TPSA) is 84.8 Å². The number of methoxy groups -OCH3 is 1. The molecule has 7 nitrogen and oxygen atoms in total. The lowest BCUT2D eigenvalue weighted by Crippen LogP contribution is -2.39. The number of esters is 1. The number of benzene rings is 1. The van der Waals surface area contributed by atoms with Gasteiger partial charge in [0.2, 0.25) is 0 Å². The molecule has 0 spiro atoms. The third kappa shape index (κ3) is 7.28. The molecule has 0 saturated carbocycles. The first-order chi connectivity index (χ1) is 13.9. The quantitative estimate of drug-likeness (QED) is 0.214. The molecule has 2 N–H and O–H groups in total. The smallest absolute Gasteiger partial charge is 0.350 e. The first-order valence-corrected chi connectivity index (χ1v) is 10.5. The molecule has 1 aromatic carbocycles. The van der Waals surface area contributed by atoms with Crippen LogP contribution < -0.4 is 15.4 Å². The maximum absolute atomic E-state index is 12.0. The zero-order valence-electron chi connectivity index (χ0n) is 17.7. The van der Waals surface area contributed by atoms with E-state index in [2.05, 4.69) is 20.6 Å². The summed E-state index contributed by atoms with van der Waals surface area (Å²) in [5, 5.41) is 8.04. The van der Waals surface area contributed by atoms with Crippen molar-refractivity contribution in [2.75, 3.05) is 27.3 Å². The van der Waals surface area contributed by atoms with Crippen LogP contribution in [0.15, 0.2) is 23.2 Å². The van der Waals surface area contributed by atoms with E-state index >= 15 is 0 Å². The molecule has 1 aromatic heterocycles. The van der Waals surface area contributed by atoms with Gasteiger partial charge in [-0.2, -0.15) is 0 Å². The van der Waals surface area contributed by atoms with E-state index in [0.29, 0.717) is 34.7 Å². The predicted octanol–water partition coefficient (Wildman–Crippen LogP) is 4.38. The zero-order valence-corrected chi connectivity index (χ0v) is 21.6. The molecule has 166 valence electrons. The summed E-state index contributed by atoms with van der Waals surface area (Å²) >= 11 is 7.62. The molecule has 0 fully saturated rings. The minimum Gasteiger partial charge on any atom is -0.497 e. The molecule has 1 atom stereocenters. The van der Waals surface area contributed by atoms with Gasteiger partial charge in [-0.1, -0.05) is 17.7 Å². The Bertz CT molecular complexity index is 876. The fraction of sp³-hybridized carbons (Fsp3) is 0.450. The molecular weight excluding hydrogens is 539 g/mol. The summed E-state index contributed by atoms with van der Waals surface area (Å²) in [4.78, 5) is 21.3. The van der Waals surface area contributed by atoms with Crippen molar-refractivity contribution in [3.63, 3.8) is 0 Å².